The molecular weight excluding hydrogens is 214 g/mol. The first-order valence-electron chi connectivity index (χ1n) is 4.67. The van der Waals surface area contributed by atoms with Gasteiger partial charge in [0.1, 0.15) is 0 Å². The lowest BCUT2D eigenvalue weighted by Gasteiger charge is -2.22. The molecule has 0 atom stereocenters. The van der Waals surface area contributed by atoms with E-state index in [1.807, 2.05) is 6.07 Å². The largest absolute Gasteiger partial charge is 0.277 e. The molecule has 5 nitrogen and oxygen atoms in total. The molecule has 0 spiro atoms. The molecule has 0 aromatic rings. The van der Waals surface area contributed by atoms with Crippen molar-refractivity contribution in [2.45, 2.75) is 40.2 Å². The zero-order valence-electron chi connectivity index (χ0n) is 9.88. The van der Waals surface area contributed by atoms with Gasteiger partial charge in [0, 0.05) is 12.1 Å². The summed E-state index contributed by atoms with van der Waals surface area (Å²) in [5.74, 6) is 0. The monoisotopic (exact) mass is 233 g/mol. The second-order valence-corrected chi connectivity index (χ2v) is 6.67. The smallest absolute Gasteiger partial charge is 0.201 e. The summed E-state index contributed by atoms with van der Waals surface area (Å²) in [4.78, 5) is 0. The van der Waals surface area contributed by atoms with Gasteiger partial charge in [0.25, 0.3) is 10.2 Å². The van der Waals surface area contributed by atoms with Crippen LogP contribution in [0.4, 0.5) is 0 Å². The fourth-order valence-corrected chi connectivity index (χ4v) is 2.18. The molecule has 0 fully saturated rings. The Morgan fingerprint density at radius 3 is 2.00 bits per heavy atom. The average molecular weight is 233 g/mol. The van der Waals surface area contributed by atoms with Crippen LogP contribution in [0.3, 0.4) is 0 Å². The van der Waals surface area contributed by atoms with Gasteiger partial charge < -0.3 is 0 Å². The minimum absolute atomic E-state index is 0.0922. The molecule has 0 radical (unpaired) electrons. The lowest BCUT2D eigenvalue weighted by atomic mass is 9.97. The predicted octanol–water partition coefficient (Wildman–Crippen LogP) is 0.759. The molecule has 0 amide bonds. The molecule has 0 aromatic carbocycles. The van der Waals surface area contributed by atoms with Gasteiger partial charge in [-0.05, 0) is 34.6 Å². The van der Waals surface area contributed by atoms with Crippen LogP contribution < -0.4 is 9.44 Å². The van der Waals surface area contributed by atoms with Crippen LogP contribution in [0.25, 0.3) is 0 Å². The molecule has 0 bridgehead atoms. The predicted molar refractivity (Wildman–Crippen MR) is 59.2 cm³/mol. The maximum atomic E-state index is 11.5. The highest BCUT2D eigenvalue weighted by molar-refractivity contribution is 7.87. The fraction of sp³-hybridized carbons (Fsp3) is 0.889. The Kier molecular flexibility index (Phi) is 4.28. The highest BCUT2D eigenvalue weighted by Crippen LogP contribution is 2.11. The number of nitrogens with one attached hydrogen (secondary N) is 2. The van der Waals surface area contributed by atoms with Gasteiger partial charge in [0.2, 0.25) is 0 Å². The summed E-state index contributed by atoms with van der Waals surface area (Å²) in [6.07, 6.45) is 0. The van der Waals surface area contributed by atoms with Gasteiger partial charge in [0.15, 0.2) is 0 Å². The SMILES string of the molecule is CC(C)(C#N)CNS(=O)(=O)NC(C)(C)C. The molecule has 0 unspecified atom stereocenters. The summed E-state index contributed by atoms with van der Waals surface area (Å²) < 4.78 is 27.7. The van der Waals surface area contributed by atoms with Gasteiger partial charge in [-0.2, -0.15) is 18.4 Å². The van der Waals surface area contributed by atoms with Gasteiger partial charge in [0.05, 0.1) is 11.5 Å². The van der Waals surface area contributed by atoms with Crippen molar-refractivity contribution in [1.82, 2.24) is 9.44 Å². The molecular formula is C9H19N3O2S. The molecule has 88 valence electrons. The highest BCUT2D eigenvalue weighted by atomic mass is 32.2. The van der Waals surface area contributed by atoms with Crippen molar-refractivity contribution in [2.75, 3.05) is 6.54 Å². The standard InChI is InChI=1S/C9H19N3O2S/c1-8(2,3)12-15(13,14)11-7-9(4,5)6-10/h11-12H,7H2,1-5H3. The molecule has 0 aliphatic heterocycles. The fourth-order valence-electron chi connectivity index (χ4n) is 0.754. The Bertz CT molecular complexity index is 347. The zero-order valence-corrected chi connectivity index (χ0v) is 10.7. The Morgan fingerprint density at radius 1 is 1.20 bits per heavy atom. The summed E-state index contributed by atoms with van der Waals surface area (Å²) in [6.45, 7) is 8.69. The van der Waals surface area contributed by atoms with Gasteiger partial charge in [-0.3, -0.25) is 0 Å². The van der Waals surface area contributed by atoms with E-state index >= 15 is 0 Å². The van der Waals surface area contributed by atoms with E-state index in [4.69, 9.17) is 5.26 Å². The van der Waals surface area contributed by atoms with Gasteiger partial charge in [-0.1, -0.05) is 0 Å². The van der Waals surface area contributed by atoms with Gasteiger partial charge in [-0.15, -0.1) is 0 Å². The number of hydrogen-bond acceptors (Lipinski definition) is 3. The summed E-state index contributed by atoms with van der Waals surface area (Å²) in [7, 11) is -3.53. The second kappa shape index (κ2) is 4.47. The third-order valence-electron chi connectivity index (χ3n) is 1.45. The van der Waals surface area contributed by atoms with Crippen LogP contribution in [0.1, 0.15) is 34.6 Å². The van der Waals surface area contributed by atoms with Crippen LogP contribution in [-0.2, 0) is 10.2 Å². The first kappa shape index (κ1) is 14.4. The van der Waals surface area contributed by atoms with Crippen LogP contribution in [-0.4, -0.2) is 20.5 Å². The van der Waals surface area contributed by atoms with E-state index in [1.165, 1.54) is 0 Å². The Balaban J connectivity index is 4.38. The first-order chi connectivity index (χ1) is 6.47. The van der Waals surface area contributed by atoms with E-state index in [0.29, 0.717) is 0 Å². The van der Waals surface area contributed by atoms with Crippen molar-refractivity contribution in [3.05, 3.63) is 0 Å². The molecule has 0 rings (SSSR count). The number of nitrogens with zero attached hydrogens (tertiary/aromatic N) is 1. The quantitative estimate of drug-likeness (QED) is 0.752. The van der Waals surface area contributed by atoms with Gasteiger partial charge >= 0.3 is 0 Å². The normalized spacial score (nSPS) is 13.6. The van der Waals surface area contributed by atoms with Gasteiger partial charge in [-0.25, -0.2) is 4.72 Å². The maximum absolute atomic E-state index is 11.5. The van der Waals surface area contributed by atoms with Crippen LogP contribution in [0.5, 0.6) is 0 Å². The molecule has 15 heavy (non-hydrogen) atoms. The summed E-state index contributed by atoms with van der Waals surface area (Å²) in [6, 6.07) is 2.02. The number of nitriles is 1. The number of hydrogen-bond donors (Lipinski definition) is 2. The number of rotatable bonds is 4. The third kappa shape index (κ3) is 7.31. The summed E-state index contributed by atoms with van der Waals surface area (Å²) in [5.41, 5.74) is -1.23. The molecule has 0 saturated carbocycles. The molecule has 0 aliphatic carbocycles. The molecule has 0 saturated heterocycles. The van der Waals surface area contributed by atoms with Crippen molar-refractivity contribution in [1.29, 1.82) is 5.26 Å². The topological polar surface area (TPSA) is 82.0 Å². The Labute approximate surface area is 92.0 Å². The molecule has 2 N–H and O–H groups in total. The van der Waals surface area contributed by atoms with Crippen molar-refractivity contribution in [2.24, 2.45) is 5.41 Å². The average Bonchev–Trinajstić information content (AvgIpc) is 1.97. The molecule has 6 heteroatoms. The zero-order chi connectivity index (χ0) is 12.3. The lowest BCUT2D eigenvalue weighted by molar-refractivity contribution is 0.454. The lowest BCUT2D eigenvalue weighted by Crippen LogP contribution is -2.48. The minimum atomic E-state index is -3.53. The van der Waals surface area contributed by atoms with E-state index in [-0.39, 0.29) is 6.54 Å². The summed E-state index contributed by atoms with van der Waals surface area (Å²) >= 11 is 0. The van der Waals surface area contributed by atoms with Crippen molar-refractivity contribution >= 4 is 10.2 Å². The highest BCUT2D eigenvalue weighted by Gasteiger charge is 2.23. The Hall–Kier alpha value is -0.640. The molecule has 0 aliphatic rings. The van der Waals surface area contributed by atoms with E-state index in [9.17, 15) is 8.42 Å². The van der Waals surface area contributed by atoms with E-state index < -0.39 is 21.2 Å². The van der Waals surface area contributed by atoms with Crippen molar-refractivity contribution in [3.8, 4) is 6.07 Å². The van der Waals surface area contributed by atoms with Crippen LogP contribution in [0.2, 0.25) is 0 Å². The minimum Gasteiger partial charge on any atom is -0.201 e. The second-order valence-electron chi connectivity index (χ2n) is 5.17. The van der Waals surface area contributed by atoms with Crippen LogP contribution >= 0.6 is 0 Å². The molecule has 0 aromatic heterocycles. The van der Waals surface area contributed by atoms with Crippen LogP contribution in [0, 0.1) is 16.7 Å². The Morgan fingerprint density at radius 2 is 1.67 bits per heavy atom. The first-order valence-corrected chi connectivity index (χ1v) is 6.16. The third-order valence-corrected chi connectivity index (χ3v) is 2.85. The van der Waals surface area contributed by atoms with E-state index in [0.717, 1.165) is 0 Å². The maximum Gasteiger partial charge on any atom is 0.277 e. The van der Waals surface area contributed by atoms with Crippen LogP contribution in [0.15, 0.2) is 0 Å². The van der Waals surface area contributed by atoms with Crippen molar-refractivity contribution in [3.63, 3.8) is 0 Å². The summed E-state index contributed by atoms with van der Waals surface area (Å²) in [5, 5.41) is 8.72. The molecule has 0 heterocycles. The van der Waals surface area contributed by atoms with Crippen molar-refractivity contribution < 1.29 is 8.42 Å². The van der Waals surface area contributed by atoms with E-state index in [1.54, 1.807) is 34.6 Å². The van der Waals surface area contributed by atoms with E-state index in [2.05, 4.69) is 9.44 Å².